The molecule has 0 fully saturated rings. The third-order valence-corrected chi connectivity index (χ3v) is 2.35. The molecule has 0 aliphatic rings. The summed E-state index contributed by atoms with van der Waals surface area (Å²) in [6.45, 7) is 3.05. The zero-order chi connectivity index (χ0) is 12.7. The molecule has 0 radical (unpaired) electrons. The Morgan fingerprint density at radius 3 is 2.88 bits per heavy atom. The molecule has 1 aromatic carbocycles. The zero-order valence-electron chi connectivity index (χ0n) is 9.95. The van der Waals surface area contributed by atoms with Gasteiger partial charge in [0.1, 0.15) is 0 Å². The predicted octanol–water partition coefficient (Wildman–Crippen LogP) is 1.25. The smallest absolute Gasteiger partial charge is 0.257 e. The van der Waals surface area contributed by atoms with Crippen molar-refractivity contribution in [1.29, 1.82) is 0 Å². The van der Waals surface area contributed by atoms with Crippen LogP contribution in [0.5, 0.6) is 0 Å². The van der Waals surface area contributed by atoms with Crippen molar-refractivity contribution >= 4 is 23.2 Å². The zero-order valence-corrected chi connectivity index (χ0v) is 10.8. The van der Waals surface area contributed by atoms with E-state index in [1.54, 1.807) is 13.2 Å². The SMILES string of the molecule is COCCNC(=S)NC(=O)c1cccc(C)c1. The number of hydrogen-bond donors (Lipinski definition) is 2. The van der Waals surface area contributed by atoms with Crippen LogP contribution in [0.15, 0.2) is 24.3 Å². The average Bonchev–Trinajstić information content (AvgIpc) is 2.29. The van der Waals surface area contributed by atoms with Crippen molar-refractivity contribution < 1.29 is 9.53 Å². The van der Waals surface area contributed by atoms with E-state index in [0.717, 1.165) is 5.56 Å². The molecule has 1 amide bonds. The summed E-state index contributed by atoms with van der Waals surface area (Å²) in [5, 5.41) is 5.79. The van der Waals surface area contributed by atoms with Crippen LogP contribution in [0.3, 0.4) is 0 Å². The fraction of sp³-hybridized carbons (Fsp3) is 0.333. The number of amides is 1. The normalized spacial score (nSPS) is 9.76. The van der Waals surface area contributed by atoms with Crippen LogP contribution in [0.1, 0.15) is 15.9 Å². The first-order chi connectivity index (χ1) is 8.13. The minimum Gasteiger partial charge on any atom is -0.383 e. The van der Waals surface area contributed by atoms with Crippen molar-refractivity contribution in [3.05, 3.63) is 35.4 Å². The first-order valence-corrected chi connectivity index (χ1v) is 5.69. The van der Waals surface area contributed by atoms with Crippen molar-refractivity contribution in [3.8, 4) is 0 Å². The topological polar surface area (TPSA) is 50.4 Å². The van der Waals surface area contributed by atoms with Gasteiger partial charge in [0, 0.05) is 19.2 Å². The van der Waals surface area contributed by atoms with E-state index in [0.29, 0.717) is 23.8 Å². The largest absolute Gasteiger partial charge is 0.383 e. The molecule has 92 valence electrons. The molecule has 1 rings (SSSR count). The number of ether oxygens (including phenoxy) is 1. The summed E-state index contributed by atoms with van der Waals surface area (Å²) in [7, 11) is 1.61. The number of benzene rings is 1. The Morgan fingerprint density at radius 1 is 1.47 bits per heavy atom. The van der Waals surface area contributed by atoms with Gasteiger partial charge in [-0.05, 0) is 31.3 Å². The molecule has 0 saturated heterocycles. The van der Waals surface area contributed by atoms with Crippen LogP contribution >= 0.6 is 12.2 Å². The van der Waals surface area contributed by atoms with Gasteiger partial charge >= 0.3 is 0 Å². The van der Waals surface area contributed by atoms with E-state index in [-0.39, 0.29) is 5.91 Å². The van der Waals surface area contributed by atoms with Crippen LogP contribution in [0.25, 0.3) is 0 Å². The lowest BCUT2D eigenvalue weighted by molar-refractivity contribution is 0.0976. The number of hydrogen-bond acceptors (Lipinski definition) is 3. The number of nitrogens with one attached hydrogen (secondary N) is 2. The molecule has 2 N–H and O–H groups in total. The summed E-state index contributed by atoms with van der Waals surface area (Å²) >= 11 is 4.98. The van der Waals surface area contributed by atoms with E-state index in [9.17, 15) is 4.79 Å². The third kappa shape index (κ3) is 4.93. The number of carbonyl (C=O) groups is 1. The maximum atomic E-state index is 11.8. The number of carbonyl (C=O) groups excluding carboxylic acids is 1. The molecule has 0 aromatic heterocycles. The summed E-state index contributed by atoms with van der Waals surface area (Å²) in [6.07, 6.45) is 0. The van der Waals surface area contributed by atoms with E-state index in [1.165, 1.54) is 0 Å². The fourth-order valence-electron chi connectivity index (χ4n) is 1.27. The monoisotopic (exact) mass is 252 g/mol. The Kier molecular flexibility index (Phi) is 5.59. The van der Waals surface area contributed by atoms with Gasteiger partial charge in [0.25, 0.3) is 5.91 Å². The second-order valence-corrected chi connectivity index (χ2v) is 3.98. The van der Waals surface area contributed by atoms with E-state index in [1.807, 2.05) is 25.1 Å². The number of aryl methyl sites for hydroxylation is 1. The van der Waals surface area contributed by atoms with Crippen LogP contribution in [0.2, 0.25) is 0 Å². The van der Waals surface area contributed by atoms with Gasteiger partial charge in [-0.3, -0.25) is 10.1 Å². The van der Waals surface area contributed by atoms with Crippen molar-refractivity contribution in [1.82, 2.24) is 10.6 Å². The lowest BCUT2D eigenvalue weighted by Crippen LogP contribution is -2.40. The number of rotatable bonds is 4. The van der Waals surface area contributed by atoms with Crippen LogP contribution in [-0.4, -0.2) is 31.3 Å². The van der Waals surface area contributed by atoms with Crippen molar-refractivity contribution in [2.24, 2.45) is 0 Å². The molecular formula is C12H16N2O2S. The molecule has 0 bridgehead atoms. The van der Waals surface area contributed by atoms with Gasteiger partial charge < -0.3 is 10.1 Å². The van der Waals surface area contributed by atoms with E-state index in [4.69, 9.17) is 17.0 Å². The molecule has 0 spiro atoms. The fourth-order valence-corrected chi connectivity index (χ4v) is 1.47. The minimum atomic E-state index is -0.205. The lowest BCUT2D eigenvalue weighted by atomic mass is 10.1. The van der Waals surface area contributed by atoms with Gasteiger partial charge in [-0.1, -0.05) is 17.7 Å². The third-order valence-electron chi connectivity index (χ3n) is 2.10. The van der Waals surface area contributed by atoms with Crippen LogP contribution in [0, 0.1) is 6.92 Å². The number of methoxy groups -OCH3 is 1. The Morgan fingerprint density at radius 2 is 2.24 bits per heavy atom. The molecule has 0 aliphatic carbocycles. The molecule has 1 aromatic rings. The summed E-state index contributed by atoms with van der Waals surface area (Å²) in [5.74, 6) is -0.205. The quantitative estimate of drug-likeness (QED) is 0.625. The molecule has 0 heterocycles. The molecule has 0 atom stereocenters. The average molecular weight is 252 g/mol. The maximum absolute atomic E-state index is 11.8. The molecule has 0 saturated carbocycles. The molecule has 0 unspecified atom stereocenters. The van der Waals surface area contributed by atoms with Crippen LogP contribution in [0.4, 0.5) is 0 Å². The van der Waals surface area contributed by atoms with Gasteiger partial charge in [-0.25, -0.2) is 0 Å². The predicted molar refractivity (Wildman–Crippen MR) is 71.1 cm³/mol. The Labute approximate surface area is 106 Å². The maximum Gasteiger partial charge on any atom is 0.257 e. The van der Waals surface area contributed by atoms with Gasteiger partial charge in [-0.2, -0.15) is 0 Å². The van der Waals surface area contributed by atoms with Crippen LogP contribution in [-0.2, 0) is 4.74 Å². The molecule has 4 nitrogen and oxygen atoms in total. The summed E-state index contributed by atoms with van der Waals surface area (Å²) in [5.41, 5.74) is 1.64. The minimum absolute atomic E-state index is 0.205. The molecule has 0 aliphatic heterocycles. The highest BCUT2D eigenvalue weighted by Gasteiger charge is 2.06. The van der Waals surface area contributed by atoms with Gasteiger partial charge in [-0.15, -0.1) is 0 Å². The highest BCUT2D eigenvalue weighted by molar-refractivity contribution is 7.80. The first-order valence-electron chi connectivity index (χ1n) is 5.28. The first kappa shape index (κ1) is 13.6. The van der Waals surface area contributed by atoms with E-state index >= 15 is 0 Å². The second kappa shape index (κ2) is 6.98. The Balaban J connectivity index is 2.46. The summed E-state index contributed by atoms with van der Waals surface area (Å²) in [6, 6.07) is 7.34. The van der Waals surface area contributed by atoms with Gasteiger partial charge in [0.15, 0.2) is 5.11 Å². The van der Waals surface area contributed by atoms with Gasteiger partial charge in [0.05, 0.1) is 6.61 Å². The molecular weight excluding hydrogens is 236 g/mol. The van der Waals surface area contributed by atoms with Crippen LogP contribution < -0.4 is 10.6 Å². The highest BCUT2D eigenvalue weighted by Crippen LogP contribution is 2.03. The van der Waals surface area contributed by atoms with Crippen molar-refractivity contribution in [2.45, 2.75) is 6.92 Å². The Bertz CT molecular complexity index is 407. The number of thiocarbonyl (C=S) groups is 1. The van der Waals surface area contributed by atoms with Crippen molar-refractivity contribution in [2.75, 3.05) is 20.3 Å². The van der Waals surface area contributed by atoms with E-state index in [2.05, 4.69) is 10.6 Å². The standard InChI is InChI=1S/C12H16N2O2S/c1-9-4-3-5-10(8-9)11(15)14-12(17)13-6-7-16-2/h3-5,8H,6-7H2,1-2H3,(H2,13,14,15,17). The summed E-state index contributed by atoms with van der Waals surface area (Å²) < 4.78 is 4.86. The Hall–Kier alpha value is -1.46. The second-order valence-electron chi connectivity index (χ2n) is 3.57. The summed E-state index contributed by atoms with van der Waals surface area (Å²) in [4.78, 5) is 11.8. The lowest BCUT2D eigenvalue weighted by Gasteiger charge is -2.09. The highest BCUT2D eigenvalue weighted by atomic mass is 32.1. The van der Waals surface area contributed by atoms with Crippen molar-refractivity contribution in [3.63, 3.8) is 0 Å². The molecule has 5 heteroatoms. The van der Waals surface area contributed by atoms with E-state index < -0.39 is 0 Å². The van der Waals surface area contributed by atoms with Gasteiger partial charge in [0.2, 0.25) is 0 Å². The molecule has 17 heavy (non-hydrogen) atoms.